The maximum atomic E-state index is 10.6. The predicted molar refractivity (Wildman–Crippen MR) is 31.4 cm³/mol. The van der Waals surface area contributed by atoms with Crippen LogP contribution in [0.25, 0.3) is 0 Å². The van der Waals surface area contributed by atoms with Gasteiger partial charge in [0.05, 0.1) is 0 Å². The zero-order valence-electron chi connectivity index (χ0n) is 4.81. The minimum absolute atomic E-state index is 0.163. The molecular formula is C6H10NO. The Balaban J connectivity index is 2.34. The molecule has 0 aliphatic carbocycles. The smallest absolute Gasteiger partial charge is 0.135 e. The Hall–Kier alpha value is -0.370. The van der Waals surface area contributed by atoms with E-state index in [4.69, 9.17) is 0 Å². The Morgan fingerprint density at radius 3 is 2.88 bits per heavy atom. The molecule has 45 valence electrons. The Kier molecular flexibility index (Phi) is 1.63. The molecule has 0 bridgehead atoms. The minimum Gasteiger partial charge on any atom is -0.313 e. The summed E-state index contributed by atoms with van der Waals surface area (Å²) in [6.07, 6.45) is 1.30. The number of piperidine rings is 1. The number of Topliss-reactive ketones (excluding diaryl/α,β-unsaturated/α-hetero) is 1. The van der Waals surface area contributed by atoms with Crippen molar-refractivity contribution in [2.24, 2.45) is 0 Å². The largest absolute Gasteiger partial charge is 0.313 e. The second kappa shape index (κ2) is 2.27. The molecule has 1 saturated heterocycles. The summed E-state index contributed by atoms with van der Waals surface area (Å²) in [5.74, 6) is 0.337. The zero-order chi connectivity index (χ0) is 5.98. The summed E-state index contributed by atoms with van der Waals surface area (Å²) in [5.41, 5.74) is 0. The average molecular weight is 112 g/mol. The summed E-state index contributed by atoms with van der Waals surface area (Å²) in [6.45, 7) is 4.53. The normalized spacial score (nSPS) is 30.6. The van der Waals surface area contributed by atoms with Crippen LogP contribution in [0.5, 0.6) is 0 Å². The third-order valence-corrected chi connectivity index (χ3v) is 1.31. The van der Waals surface area contributed by atoms with Crippen LogP contribution in [0, 0.1) is 6.92 Å². The minimum atomic E-state index is 0.163. The molecule has 1 atom stereocenters. The van der Waals surface area contributed by atoms with Gasteiger partial charge in [-0.15, -0.1) is 0 Å². The number of hydrogen-bond donors (Lipinski definition) is 1. The number of rotatable bonds is 0. The van der Waals surface area contributed by atoms with Crippen LogP contribution in [-0.2, 0) is 4.79 Å². The first kappa shape index (κ1) is 5.76. The highest BCUT2D eigenvalue weighted by molar-refractivity contribution is 5.80. The van der Waals surface area contributed by atoms with Crippen molar-refractivity contribution in [2.75, 3.05) is 6.54 Å². The van der Waals surface area contributed by atoms with Crippen LogP contribution in [0.15, 0.2) is 0 Å². The lowest BCUT2D eigenvalue weighted by molar-refractivity contribution is -0.120. The van der Waals surface area contributed by atoms with Gasteiger partial charge in [-0.3, -0.25) is 4.79 Å². The van der Waals surface area contributed by atoms with E-state index >= 15 is 0 Å². The highest BCUT2D eigenvalue weighted by Crippen LogP contribution is 2.00. The van der Waals surface area contributed by atoms with Gasteiger partial charge in [-0.25, -0.2) is 0 Å². The first-order valence-corrected chi connectivity index (χ1v) is 2.87. The van der Waals surface area contributed by atoms with Crippen LogP contribution in [-0.4, -0.2) is 18.4 Å². The zero-order valence-corrected chi connectivity index (χ0v) is 4.81. The molecule has 1 unspecified atom stereocenters. The van der Waals surface area contributed by atoms with E-state index in [9.17, 15) is 4.79 Å². The van der Waals surface area contributed by atoms with Gasteiger partial charge in [0.2, 0.25) is 0 Å². The summed E-state index contributed by atoms with van der Waals surface area (Å²) >= 11 is 0. The van der Waals surface area contributed by atoms with Gasteiger partial charge >= 0.3 is 0 Å². The van der Waals surface area contributed by atoms with Gasteiger partial charge in [-0.1, -0.05) is 0 Å². The van der Waals surface area contributed by atoms with Crippen LogP contribution < -0.4 is 5.32 Å². The van der Waals surface area contributed by atoms with Crippen molar-refractivity contribution in [2.45, 2.75) is 18.9 Å². The van der Waals surface area contributed by atoms with Crippen LogP contribution in [0.1, 0.15) is 12.8 Å². The summed E-state index contributed by atoms with van der Waals surface area (Å²) < 4.78 is 0. The second-order valence-corrected chi connectivity index (χ2v) is 2.14. The van der Waals surface area contributed by atoms with E-state index in [0.29, 0.717) is 18.6 Å². The molecule has 1 heterocycles. The summed E-state index contributed by atoms with van der Waals surface area (Å²) in [5, 5.41) is 3.08. The monoisotopic (exact) mass is 112 g/mol. The first-order valence-electron chi connectivity index (χ1n) is 2.87. The molecule has 0 spiro atoms. The third-order valence-electron chi connectivity index (χ3n) is 1.31. The van der Waals surface area contributed by atoms with Crippen molar-refractivity contribution in [3.63, 3.8) is 0 Å². The number of carbonyl (C=O) groups is 1. The van der Waals surface area contributed by atoms with Gasteiger partial charge in [-0.05, 0) is 6.92 Å². The van der Waals surface area contributed by atoms with Crippen LogP contribution in [0.3, 0.4) is 0 Å². The fraction of sp³-hybridized carbons (Fsp3) is 0.667. The van der Waals surface area contributed by atoms with Gasteiger partial charge in [0.25, 0.3) is 0 Å². The predicted octanol–water partition coefficient (Wildman–Crippen LogP) is 0.142. The quantitative estimate of drug-likeness (QED) is 0.483. The lowest BCUT2D eigenvalue weighted by Crippen LogP contribution is -2.35. The molecule has 1 N–H and O–H groups in total. The van der Waals surface area contributed by atoms with Crippen LogP contribution in [0.4, 0.5) is 0 Å². The van der Waals surface area contributed by atoms with Crippen molar-refractivity contribution in [1.29, 1.82) is 0 Å². The third kappa shape index (κ3) is 1.30. The van der Waals surface area contributed by atoms with E-state index in [2.05, 4.69) is 12.2 Å². The van der Waals surface area contributed by atoms with Crippen molar-refractivity contribution < 1.29 is 4.79 Å². The lowest BCUT2D eigenvalue weighted by atomic mass is 10.1. The van der Waals surface area contributed by atoms with E-state index < -0.39 is 0 Å². The standard InChI is InChI=1S/C6H10NO/c1-5-4-6(8)2-3-7-5/h5,7H,1-4H2. The fourth-order valence-corrected chi connectivity index (χ4v) is 0.865. The molecule has 0 aromatic carbocycles. The summed E-state index contributed by atoms with van der Waals surface area (Å²) in [7, 11) is 0. The molecule has 0 amide bonds. The summed E-state index contributed by atoms with van der Waals surface area (Å²) in [6, 6.07) is 0.163. The Morgan fingerprint density at radius 1 is 1.75 bits per heavy atom. The van der Waals surface area contributed by atoms with Gasteiger partial charge in [0.1, 0.15) is 5.78 Å². The SMILES string of the molecule is [CH2]C1CC(=O)CCN1. The lowest BCUT2D eigenvalue weighted by Gasteiger charge is -2.17. The average Bonchev–Trinajstić information content (AvgIpc) is 1.64. The van der Waals surface area contributed by atoms with E-state index in [1.807, 2.05) is 0 Å². The highest BCUT2D eigenvalue weighted by Gasteiger charge is 2.13. The van der Waals surface area contributed by atoms with E-state index in [1.54, 1.807) is 0 Å². The molecule has 8 heavy (non-hydrogen) atoms. The topological polar surface area (TPSA) is 29.1 Å². The maximum Gasteiger partial charge on any atom is 0.135 e. The van der Waals surface area contributed by atoms with Crippen LogP contribution >= 0.6 is 0 Å². The van der Waals surface area contributed by atoms with E-state index in [-0.39, 0.29) is 6.04 Å². The molecule has 1 radical (unpaired) electrons. The molecule has 0 aromatic rings. The molecular weight excluding hydrogens is 102 g/mol. The molecule has 1 fully saturated rings. The summed E-state index contributed by atoms with van der Waals surface area (Å²) in [4.78, 5) is 10.6. The van der Waals surface area contributed by atoms with Gasteiger partial charge in [0.15, 0.2) is 0 Å². The number of ketones is 1. The van der Waals surface area contributed by atoms with Crippen molar-refractivity contribution in [1.82, 2.24) is 5.32 Å². The maximum absolute atomic E-state index is 10.6. The Morgan fingerprint density at radius 2 is 2.50 bits per heavy atom. The van der Waals surface area contributed by atoms with Gasteiger partial charge in [0, 0.05) is 25.4 Å². The van der Waals surface area contributed by atoms with Gasteiger partial charge in [-0.2, -0.15) is 0 Å². The molecule has 1 rings (SSSR count). The molecule has 0 saturated carbocycles. The molecule has 1 aliphatic rings. The Bertz CT molecular complexity index is 101. The fourth-order valence-electron chi connectivity index (χ4n) is 0.865. The van der Waals surface area contributed by atoms with Crippen molar-refractivity contribution in [3.05, 3.63) is 6.92 Å². The second-order valence-electron chi connectivity index (χ2n) is 2.14. The van der Waals surface area contributed by atoms with Crippen LogP contribution in [0.2, 0.25) is 0 Å². The molecule has 2 nitrogen and oxygen atoms in total. The molecule has 1 aliphatic heterocycles. The first-order chi connectivity index (χ1) is 3.79. The number of hydrogen-bond acceptors (Lipinski definition) is 2. The molecule has 0 aromatic heterocycles. The molecule has 2 heteroatoms. The highest BCUT2D eigenvalue weighted by atomic mass is 16.1. The number of carbonyl (C=O) groups excluding carboxylic acids is 1. The number of nitrogens with one attached hydrogen (secondary N) is 1. The van der Waals surface area contributed by atoms with Gasteiger partial charge < -0.3 is 5.32 Å². The van der Waals surface area contributed by atoms with Crippen molar-refractivity contribution >= 4 is 5.78 Å². The van der Waals surface area contributed by atoms with Crippen molar-refractivity contribution in [3.8, 4) is 0 Å². The van der Waals surface area contributed by atoms with E-state index in [1.165, 1.54) is 0 Å². The Labute approximate surface area is 49.3 Å². The van der Waals surface area contributed by atoms with E-state index in [0.717, 1.165) is 6.54 Å².